The Morgan fingerprint density at radius 1 is 1.26 bits per heavy atom. The lowest BCUT2D eigenvalue weighted by Crippen LogP contribution is -2.50. The summed E-state index contributed by atoms with van der Waals surface area (Å²) in [6.45, 7) is 5.89. The van der Waals surface area contributed by atoms with Crippen molar-refractivity contribution in [2.24, 2.45) is 5.41 Å². The quantitative estimate of drug-likeness (QED) is 0.777. The van der Waals surface area contributed by atoms with Gasteiger partial charge >= 0.3 is 0 Å². The van der Waals surface area contributed by atoms with E-state index in [2.05, 4.69) is 17.0 Å². The summed E-state index contributed by atoms with van der Waals surface area (Å²) in [6.07, 6.45) is 0.548. The zero-order valence-electron chi connectivity index (χ0n) is 13.5. The van der Waals surface area contributed by atoms with E-state index < -0.39 is 9.75 Å². The molecule has 4 nitrogen and oxygen atoms in total. The molecule has 126 valence electrons. The van der Waals surface area contributed by atoms with Gasteiger partial charge in [0, 0.05) is 32.7 Å². The molecule has 1 saturated heterocycles. The first-order valence-electron chi connectivity index (χ1n) is 7.88. The molecule has 0 spiro atoms. The average molecular weight is 357 g/mol. The maximum Gasteiger partial charge on any atom is 0.231 e. The molecule has 0 aromatic heterocycles. The topological polar surface area (TPSA) is 32.8 Å². The Morgan fingerprint density at radius 3 is 2.48 bits per heavy atom. The molecule has 1 saturated carbocycles. The molecular weight excluding hydrogens is 335 g/mol. The Hall–Kier alpha value is -0.970. The molecular formula is C17H22Cl2N2O2. The molecule has 0 N–H and O–H groups in total. The lowest BCUT2D eigenvalue weighted by molar-refractivity contribution is -0.138. The van der Waals surface area contributed by atoms with Crippen LogP contribution in [0.3, 0.4) is 0 Å². The molecule has 2 aliphatic rings. The first-order valence-corrected chi connectivity index (χ1v) is 8.64. The molecule has 1 heterocycles. The van der Waals surface area contributed by atoms with Crippen molar-refractivity contribution in [2.75, 3.05) is 33.3 Å². The van der Waals surface area contributed by atoms with E-state index in [1.165, 1.54) is 5.56 Å². The van der Waals surface area contributed by atoms with Gasteiger partial charge in [0.1, 0.15) is 10.1 Å². The molecule has 2 fully saturated rings. The first-order chi connectivity index (χ1) is 10.9. The monoisotopic (exact) mass is 356 g/mol. The predicted molar refractivity (Wildman–Crippen MR) is 92.0 cm³/mol. The zero-order chi connectivity index (χ0) is 16.7. The van der Waals surface area contributed by atoms with Crippen LogP contribution in [-0.2, 0) is 11.3 Å². The number of alkyl halides is 2. The van der Waals surface area contributed by atoms with Crippen LogP contribution in [0, 0.1) is 5.41 Å². The summed E-state index contributed by atoms with van der Waals surface area (Å²) < 4.78 is 4.37. The van der Waals surface area contributed by atoms with Crippen molar-refractivity contribution in [1.29, 1.82) is 0 Å². The average Bonchev–Trinajstić information content (AvgIpc) is 3.07. The summed E-state index contributed by atoms with van der Waals surface area (Å²) in [5.41, 5.74) is 0.615. The Morgan fingerprint density at radius 2 is 1.91 bits per heavy atom. The molecule has 1 atom stereocenters. The Kier molecular flexibility index (Phi) is 4.51. The molecule has 6 heteroatoms. The van der Waals surface area contributed by atoms with Crippen molar-refractivity contribution in [2.45, 2.75) is 24.2 Å². The van der Waals surface area contributed by atoms with Crippen LogP contribution in [-0.4, -0.2) is 53.3 Å². The molecule has 0 unspecified atom stereocenters. The van der Waals surface area contributed by atoms with E-state index in [1.54, 1.807) is 7.11 Å². The van der Waals surface area contributed by atoms with Crippen LogP contribution >= 0.6 is 23.2 Å². The largest absolute Gasteiger partial charge is 0.497 e. The lowest BCUT2D eigenvalue weighted by Gasteiger charge is -2.36. The fraction of sp³-hybridized carbons (Fsp3) is 0.588. The number of halogens is 2. The SMILES string of the molecule is COc1cccc(CN2CCN(C(=O)[C@]3(C)CC3(Cl)Cl)CC2)c1. The number of ether oxygens (including phenoxy) is 1. The zero-order valence-corrected chi connectivity index (χ0v) is 15.0. The van der Waals surface area contributed by atoms with Gasteiger partial charge in [-0.1, -0.05) is 12.1 Å². The van der Waals surface area contributed by atoms with Gasteiger partial charge in [-0.05, 0) is 31.0 Å². The van der Waals surface area contributed by atoms with Crippen LogP contribution in [0.25, 0.3) is 0 Å². The van der Waals surface area contributed by atoms with Gasteiger partial charge in [0.2, 0.25) is 5.91 Å². The van der Waals surface area contributed by atoms with Gasteiger partial charge in [-0.15, -0.1) is 23.2 Å². The number of carbonyl (C=O) groups excluding carboxylic acids is 1. The van der Waals surface area contributed by atoms with Crippen molar-refractivity contribution in [1.82, 2.24) is 9.80 Å². The number of nitrogens with zero attached hydrogens (tertiary/aromatic N) is 2. The number of amides is 1. The van der Waals surface area contributed by atoms with Gasteiger partial charge in [0.15, 0.2) is 0 Å². The minimum atomic E-state index is -0.887. The van der Waals surface area contributed by atoms with Crippen LogP contribution in [0.1, 0.15) is 18.9 Å². The summed E-state index contributed by atoms with van der Waals surface area (Å²) in [6, 6.07) is 8.10. The number of carbonyl (C=O) groups is 1. The van der Waals surface area contributed by atoms with Gasteiger partial charge in [0.25, 0.3) is 0 Å². The molecule has 1 aromatic rings. The summed E-state index contributed by atoms with van der Waals surface area (Å²) in [4.78, 5) is 16.8. The van der Waals surface area contributed by atoms with Crippen molar-refractivity contribution < 1.29 is 9.53 Å². The number of rotatable bonds is 4. The van der Waals surface area contributed by atoms with Crippen molar-refractivity contribution in [3.05, 3.63) is 29.8 Å². The standard InChI is InChI=1S/C17H22Cl2N2O2/c1-16(12-17(16,18)19)15(22)21-8-6-20(7-9-21)11-13-4-3-5-14(10-13)23-2/h3-5,10H,6-9,11-12H2,1-2H3/t16-/m0/s1. The van der Waals surface area contributed by atoms with Gasteiger partial charge in [0.05, 0.1) is 12.5 Å². The van der Waals surface area contributed by atoms with E-state index in [0.717, 1.165) is 38.5 Å². The minimum Gasteiger partial charge on any atom is -0.497 e. The highest BCUT2D eigenvalue weighted by Gasteiger charge is 2.68. The van der Waals surface area contributed by atoms with E-state index >= 15 is 0 Å². The van der Waals surface area contributed by atoms with Crippen LogP contribution in [0.15, 0.2) is 24.3 Å². The summed E-state index contributed by atoms with van der Waals surface area (Å²) >= 11 is 12.2. The summed E-state index contributed by atoms with van der Waals surface area (Å²) in [5.74, 6) is 0.960. The molecule has 1 amide bonds. The second-order valence-corrected chi connectivity index (χ2v) is 8.12. The Labute approximate surface area is 147 Å². The van der Waals surface area contributed by atoms with Gasteiger partial charge in [-0.2, -0.15) is 0 Å². The Bertz CT molecular complexity index is 600. The smallest absolute Gasteiger partial charge is 0.231 e. The summed E-state index contributed by atoms with van der Waals surface area (Å²) in [5, 5.41) is 0. The first kappa shape index (κ1) is 16.9. The molecule has 23 heavy (non-hydrogen) atoms. The number of hydrogen-bond acceptors (Lipinski definition) is 3. The van der Waals surface area contributed by atoms with E-state index in [0.29, 0.717) is 6.42 Å². The van der Waals surface area contributed by atoms with Crippen LogP contribution in [0.2, 0.25) is 0 Å². The molecule has 1 aromatic carbocycles. The molecule has 3 rings (SSSR count). The predicted octanol–water partition coefficient (Wildman–Crippen LogP) is 2.92. The fourth-order valence-corrected chi connectivity index (χ4v) is 3.82. The summed E-state index contributed by atoms with van der Waals surface area (Å²) in [7, 11) is 1.68. The normalized spacial score (nSPS) is 26.9. The van der Waals surface area contributed by atoms with E-state index in [-0.39, 0.29) is 5.91 Å². The van der Waals surface area contributed by atoms with Crippen LogP contribution in [0.5, 0.6) is 5.75 Å². The highest BCUT2D eigenvalue weighted by molar-refractivity contribution is 6.53. The van der Waals surface area contributed by atoms with Gasteiger partial charge in [-0.25, -0.2) is 0 Å². The minimum absolute atomic E-state index is 0.0866. The Balaban J connectivity index is 1.53. The van der Waals surface area contributed by atoms with E-state index in [9.17, 15) is 4.79 Å². The van der Waals surface area contributed by atoms with Crippen molar-refractivity contribution in [3.8, 4) is 5.75 Å². The number of benzene rings is 1. The third kappa shape index (κ3) is 3.30. The van der Waals surface area contributed by atoms with E-state index in [1.807, 2.05) is 24.0 Å². The van der Waals surface area contributed by atoms with Crippen molar-refractivity contribution >= 4 is 29.1 Å². The highest BCUT2D eigenvalue weighted by atomic mass is 35.5. The molecule has 0 bridgehead atoms. The number of hydrogen-bond donors (Lipinski definition) is 0. The van der Waals surface area contributed by atoms with Gasteiger partial charge < -0.3 is 9.64 Å². The second-order valence-electron chi connectivity index (χ2n) is 6.63. The van der Waals surface area contributed by atoms with Crippen LogP contribution in [0.4, 0.5) is 0 Å². The highest BCUT2D eigenvalue weighted by Crippen LogP contribution is 2.64. The number of methoxy groups -OCH3 is 1. The molecule has 0 radical (unpaired) electrons. The molecule has 1 aliphatic heterocycles. The number of piperazine rings is 1. The van der Waals surface area contributed by atoms with Gasteiger partial charge in [-0.3, -0.25) is 9.69 Å². The lowest BCUT2D eigenvalue weighted by atomic mass is 10.1. The molecule has 1 aliphatic carbocycles. The maximum absolute atomic E-state index is 12.6. The fourth-order valence-electron chi connectivity index (χ4n) is 3.12. The second kappa shape index (κ2) is 6.15. The third-order valence-corrected chi connectivity index (χ3v) is 6.03. The van der Waals surface area contributed by atoms with E-state index in [4.69, 9.17) is 27.9 Å². The van der Waals surface area contributed by atoms with Crippen molar-refractivity contribution in [3.63, 3.8) is 0 Å². The third-order valence-electron chi connectivity index (χ3n) is 4.93. The van der Waals surface area contributed by atoms with Crippen LogP contribution < -0.4 is 4.74 Å². The maximum atomic E-state index is 12.6.